The standard InChI is InChI=1S/C3H6O2S/c1-2-3-6(4)5/h2-3,6H,1H3/b3-2+. The predicted molar refractivity (Wildman–Crippen MR) is 25.1 cm³/mol. The maximum Gasteiger partial charge on any atom is 0.161 e. The fourth-order valence-electron chi connectivity index (χ4n) is 0.122. The highest BCUT2D eigenvalue weighted by atomic mass is 32.2. The van der Waals surface area contributed by atoms with Gasteiger partial charge in [-0.15, -0.1) is 0 Å². The molecule has 0 saturated carbocycles. The second kappa shape index (κ2) is 2.90. The zero-order valence-electron chi connectivity index (χ0n) is 3.42. The predicted octanol–water partition coefficient (Wildman–Crippen LogP) is 0.131. The zero-order valence-corrected chi connectivity index (χ0v) is 4.31. The molecule has 2 nitrogen and oxygen atoms in total. The molecule has 0 aliphatic carbocycles. The van der Waals surface area contributed by atoms with Crippen LogP contribution >= 0.6 is 0 Å². The first-order valence-electron chi connectivity index (χ1n) is 1.53. The summed E-state index contributed by atoms with van der Waals surface area (Å²) in [7, 11) is -2.28. The summed E-state index contributed by atoms with van der Waals surface area (Å²) in [6.07, 6.45) is 1.48. The van der Waals surface area contributed by atoms with Gasteiger partial charge in [-0.25, -0.2) is 8.42 Å². The van der Waals surface area contributed by atoms with Crippen LogP contribution in [0.5, 0.6) is 0 Å². The lowest BCUT2D eigenvalue weighted by Gasteiger charge is -1.57. The Morgan fingerprint density at radius 1 is 1.50 bits per heavy atom. The molecule has 0 radical (unpaired) electrons. The third-order valence-corrected chi connectivity index (χ3v) is 0.812. The van der Waals surface area contributed by atoms with Crippen LogP contribution in [0.15, 0.2) is 11.5 Å². The molecule has 0 amide bonds. The van der Waals surface area contributed by atoms with E-state index in [1.165, 1.54) is 6.08 Å². The van der Waals surface area contributed by atoms with Crippen LogP contribution in [-0.2, 0) is 10.7 Å². The first-order valence-corrected chi connectivity index (χ1v) is 2.78. The van der Waals surface area contributed by atoms with Gasteiger partial charge in [0.05, 0.1) is 0 Å². The molecule has 0 aliphatic heterocycles. The van der Waals surface area contributed by atoms with Crippen molar-refractivity contribution in [3.63, 3.8) is 0 Å². The van der Waals surface area contributed by atoms with Crippen molar-refractivity contribution in [3.8, 4) is 0 Å². The van der Waals surface area contributed by atoms with E-state index in [1.807, 2.05) is 0 Å². The van der Waals surface area contributed by atoms with Gasteiger partial charge in [0.1, 0.15) is 0 Å². The molecule has 0 aromatic rings. The molecular formula is C3H6O2S. The molecule has 0 rings (SSSR count). The average molecular weight is 106 g/mol. The van der Waals surface area contributed by atoms with E-state index in [0.717, 1.165) is 5.41 Å². The third-order valence-electron chi connectivity index (χ3n) is 0.271. The van der Waals surface area contributed by atoms with Gasteiger partial charge < -0.3 is 0 Å². The number of thiol groups is 1. The molecule has 0 spiro atoms. The largest absolute Gasteiger partial charge is 0.227 e. The van der Waals surface area contributed by atoms with Crippen molar-refractivity contribution in [3.05, 3.63) is 11.5 Å². The summed E-state index contributed by atoms with van der Waals surface area (Å²) in [5.41, 5.74) is 0. The summed E-state index contributed by atoms with van der Waals surface area (Å²) in [4.78, 5) is 0. The molecule has 3 heteroatoms. The van der Waals surface area contributed by atoms with Crippen LogP contribution in [0.25, 0.3) is 0 Å². The Labute approximate surface area is 38.4 Å². The second-order valence-electron chi connectivity index (χ2n) is 0.768. The number of rotatable bonds is 1. The maximum absolute atomic E-state index is 9.55. The molecule has 0 aliphatic rings. The molecule has 0 atom stereocenters. The summed E-state index contributed by atoms with van der Waals surface area (Å²) in [6.45, 7) is 1.66. The highest BCUT2D eigenvalue weighted by Gasteiger charge is 1.61. The SMILES string of the molecule is C/C=C/[SH](=O)=O. The smallest absolute Gasteiger partial charge is 0.161 e. The van der Waals surface area contributed by atoms with Crippen LogP contribution in [0.2, 0.25) is 0 Å². The van der Waals surface area contributed by atoms with Crippen molar-refractivity contribution in [2.45, 2.75) is 6.92 Å². The van der Waals surface area contributed by atoms with Crippen LogP contribution in [0.1, 0.15) is 6.92 Å². The quantitative estimate of drug-likeness (QED) is 0.482. The van der Waals surface area contributed by atoms with Gasteiger partial charge in [-0.2, -0.15) is 0 Å². The summed E-state index contributed by atoms with van der Waals surface area (Å²) in [5.74, 6) is 0. The summed E-state index contributed by atoms with van der Waals surface area (Å²) in [6, 6.07) is 0. The van der Waals surface area contributed by atoms with Gasteiger partial charge in [0, 0.05) is 5.41 Å². The highest BCUT2D eigenvalue weighted by molar-refractivity contribution is 7.75. The minimum absolute atomic E-state index is 1.12. The molecule has 0 saturated heterocycles. The summed E-state index contributed by atoms with van der Waals surface area (Å²) >= 11 is 0. The topological polar surface area (TPSA) is 34.1 Å². The van der Waals surface area contributed by atoms with Gasteiger partial charge >= 0.3 is 0 Å². The molecule has 0 aromatic heterocycles. The van der Waals surface area contributed by atoms with Crippen LogP contribution in [0, 0.1) is 0 Å². The third kappa shape index (κ3) is 3.69. The van der Waals surface area contributed by atoms with Crippen LogP contribution in [0.3, 0.4) is 0 Å². The number of allylic oxidation sites excluding steroid dienone is 1. The van der Waals surface area contributed by atoms with Crippen molar-refractivity contribution < 1.29 is 8.42 Å². The number of hydrogen-bond donors (Lipinski definition) is 1. The van der Waals surface area contributed by atoms with Gasteiger partial charge in [-0.3, -0.25) is 0 Å². The van der Waals surface area contributed by atoms with E-state index < -0.39 is 10.7 Å². The van der Waals surface area contributed by atoms with Gasteiger partial charge in [-0.05, 0) is 6.92 Å². The lowest BCUT2D eigenvalue weighted by Crippen LogP contribution is -1.58. The Morgan fingerprint density at radius 3 is 2.00 bits per heavy atom. The molecule has 0 N–H and O–H groups in total. The molecule has 0 fully saturated rings. The van der Waals surface area contributed by atoms with Crippen molar-refractivity contribution in [1.82, 2.24) is 0 Å². The minimum atomic E-state index is -2.28. The lowest BCUT2D eigenvalue weighted by molar-refractivity contribution is 0.622. The number of hydrogen-bond acceptors (Lipinski definition) is 2. The van der Waals surface area contributed by atoms with E-state index in [-0.39, 0.29) is 0 Å². The normalized spacial score (nSPS) is 11.0. The first-order chi connectivity index (χ1) is 2.77. The average Bonchev–Trinajstić information content (AvgIpc) is 1.35. The molecule has 36 valence electrons. The van der Waals surface area contributed by atoms with Crippen molar-refractivity contribution in [1.29, 1.82) is 0 Å². The molecule has 0 bridgehead atoms. The minimum Gasteiger partial charge on any atom is -0.227 e. The second-order valence-corrected chi connectivity index (χ2v) is 1.64. The molecule has 0 aromatic carbocycles. The van der Waals surface area contributed by atoms with E-state index in [2.05, 4.69) is 0 Å². The zero-order chi connectivity index (χ0) is 4.99. The van der Waals surface area contributed by atoms with E-state index in [0.29, 0.717) is 0 Å². The van der Waals surface area contributed by atoms with Crippen LogP contribution in [0.4, 0.5) is 0 Å². The molecule has 0 unspecified atom stereocenters. The van der Waals surface area contributed by atoms with Gasteiger partial charge in [0.25, 0.3) is 0 Å². The Bertz CT molecular complexity index is 104. The van der Waals surface area contributed by atoms with Gasteiger partial charge in [0.2, 0.25) is 0 Å². The van der Waals surface area contributed by atoms with Crippen molar-refractivity contribution in [2.24, 2.45) is 0 Å². The fraction of sp³-hybridized carbons (Fsp3) is 0.333. The molecule has 0 heterocycles. The van der Waals surface area contributed by atoms with Crippen molar-refractivity contribution in [2.75, 3.05) is 0 Å². The van der Waals surface area contributed by atoms with Crippen molar-refractivity contribution >= 4 is 10.7 Å². The Balaban J connectivity index is 3.62. The summed E-state index contributed by atoms with van der Waals surface area (Å²) < 4.78 is 19.1. The first kappa shape index (κ1) is 5.69. The van der Waals surface area contributed by atoms with Gasteiger partial charge in [0.15, 0.2) is 10.7 Å². The van der Waals surface area contributed by atoms with E-state index in [9.17, 15) is 8.42 Å². The van der Waals surface area contributed by atoms with Gasteiger partial charge in [-0.1, -0.05) is 6.08 Å². The molecular weight excluding hydrogens is 100 g/mol. The van der Waals surface area contributed by atoms with Crippen LogP contribution < -0.4 is 0 Å². The van der Waals surface area contributed by atoms with E-state index in [4.69, 9.17) is 0 Å². The maximum atomic E-state index is 9.55. The fourth-order valence-corrected chi connectivity index (χ4v) is 0.365. The molecule has 6 heavy (non-hydrogen) atoms. The highest BCUT2D eigenvalue weighted by Crippen LogP contribution is 1.64. The lowest BCUT2D eigenvalue weighted by atomic mass is 10.8. The van der Waals surface area contributed by atoms with E-state index in [1.54, 1.807) is 6.92 Å². The Morgan fingerprint density at radius 2 is 2.00 bits per heavy atom. The van der Waals surface area contributed by atoms with E-state index >= 15 is 0 Å². The monoisotopic (exact) mass is 106 g/mol. The van der Waals surface area contributed by atoms with Crippen LogP contribution in [-0.4, -0.2) is 8.42 Å². The Hall–Kier alpha value is -0.310. The Kier molecular flexibility index (Phi) is 2.75. The summed E-state index contributed by atoms with van der Waals surface area (Å²) in [5, 5.41) is 1.12.